The van der Waals surface area contributed by atoms with E-state index in [4.69, 9.17) is 9.26 Å². The number of thiazole rings is 1. The van der Waals surface area contributed by atoms with Crippen molar-refractivity contribution in [1.29, 1.82) is 0 Å². The molecule has 0 radical (unpaired) electrons. The molecule has 0 aliphatic rings. The lowest BCUT2D eigenvalue weighted by atomic mass is 10.2. The number of rotatable bonds is 6. The van der Waals surface area contributed by atoms with E-state index in [1.165, 1.54) is 11.3 Å². The average Bonchev–Trinajstić information content (AvgIpc) is 2.96. The van der Waals surface area contributed by atoms with E-state index in [0.29, 0.717) is 13.2 Å². The van der Waals surface area contributed by atoms with Crippen molar-refractivity contribution in [2.24, 2.45) is 0 Å². The van der Waals surface area contributed by atoms with Crippen LogP contribution in [0.2, 0.25) is 0 Å². The fraction of sp³-hybridized carbons (Fsp3) is 0.462. The molecule has 0 unspecified atom stereocenters. The van der Waals surface area contributed by atoms with Crippen molar-refractivity contribution < 1.29 is 14.1 Å². The number of aryl methyl sites for hydroxylation is 2. The third-order valence-electron chi connectivity index (χ3n) is 2.78. The lowest BCUT2D eigenvalue weighted by Crippen LogP contribution is -2.08. The molecule has 20 heavy (non-hydrogen) atoms. The van der Waals surface area contributed by atoms with Gasteiger partial charge in [0.05, 0.1) is 24.4 Å². The Labute approximate surface area is 121 Å². The zero-order valence-corrected chi connectivity index (χ0v) is 12.5. The third-order valence-corrected chi connectivity index (χ3v) is 3.63. The number of esters is 1. The molecule has 7 heteroatoms. The molecule has 2 aromatic heterocycles. The number of ether oxygens (including phenoxy) is 1. The van der Waals surface area contributed by atoms with Crippen LogP contribution in [0.4, 0.5) is 5.13 Å². The second-order valence-electron chi connectivity index (χ2n) is 4.28. The molecule has 0 spiro atoms. The summed E-state index contributed by atoms with van der Waals surface area (Å²) >= 11 is 1.46. The topological polar surface area (TPSA) is 77.2 Å². The highest BCUT2D eigenvalue weighted by atomic mass is 32.1. The second kappa shape index (κ2) is 6.51. The number of carbonyl (C=O) groups is 1. The molecule has 2 rings (SSSR count). The summed E-state index contributed by atoms with van der Waals surface area (Å²) in [6.07, 6.45) is 0.206. The molecule has 6 nitrogen and oxygen atoms in total. The number of carbonyl (C=O) groups excluding carboxylic acids is 1. The maximum atomic E-state index is 11.4. The van der Waals surface area contributed by atoms with E-state index in [1.807, 2.05) is 19.2 Å². The van der Waals surface area contributed by atoms with Crippen molar-refractivity contribution in [3.8, 4) is 0 Å². The third kappa shape index (κ3) is 3.57. The summed E-state index contributed by atoms with van der Waals surface area (Å²) in [4.78, 5) is 15.7. The first-order chi connectivity index (χ1) is 9.60. The predicted octanol–water partition coefficient (Wildman–Crippen LogP) is 2.47. The first-order valence-corrected chi connectivity index (χ1v) is 7.23. The van der Waals surface area contributed by atoms with Crippen LogP contribution in [0.25, 0.3) is 0 Å². The van der Waals surface area contributed by atoms with Gasteiger partial charge in [0.15, 0.2) is 5.13 Å². The molecule has 0 aliphatic carbocycles. The van der Waals surface area contributed by atoms with Crippen LogP contribution in [-0.2, 0) is 22.5 Å². The average molecular weight is 295 g/mol. The summed E-state index contributed by atoms with van der Waals surface area (Å²) in [6, 6.07) is 0. The Morgan fingerprint density at radius 3 is 2.95 bits per heavy atom. The normalized spacial score (nSPS) is 10.6. The molecular formula is C13H17N3O3S. The number of anilines is 1. The zero-order valence-electron chi connectivity index (χ0n) is 11.7. The highest BCUT2D eigenvalue weighted by Gasteiger charge is 2.11. The number of aromatic nitrogens is 2. The summed E-state index contributed by atoms with van der Waals surface area (Å²) in [5.41, 5.74) is 2.63. The first-order valence-electron chi connectivity index (χ1n) is 6.35. The Bertz CT molecular complexity index is 572. The second-order valence-corrected chi connectivity index (χ2v) is 5.14. The van der Waals surface area contributed by atoms with Crippen LogP contribution >= 0.6 is 11.3 Å². The minimum Gasteiger partial charge on any atom is -0.466 e. The first kappa shape index (κ1) is 14.5. The van der Waals surface area contributed by atoms with Crippen molar-refractivity contribution in [2.75, 3.05) is 11.9 Å². The van der Waals surface area contributed by atoms with Gasteiger partial charge in [0, 0.05) is 17.5 Å². The molecule has 2 heterocycles. The maximum Gasteiger partial charge on any atom is 0.311 e. The van der Waals surface area contributed by atoms with Crippen LogP contribution < -0.4 is 5.32 Å². The van der Waals surface area contributed by atoms with E-state index in [-0.39, 0.29) is 12.4 Å². The van der Waals surface area contributed by atoms with E-state index in [0.717, 1.165) is 27.8 Å². The van der Waals surface area contributed by atoms with Gasteiger partial charge in [-0.15, -0.1) is 11.3 Å². The molecule has 0 amide bonds. The molecular weight excluding hydrogens is 278 g/mol. The van der Waals surface area contributed by atoms with Crippen molar-refractivity contribution in [1.82, 2.24) is 10.1 Å². The summed E-state index contributed by atoms with van der Waals surface area (Å²) in [6.45, 7) is 6.57. The predicted molar refractivity (Wildman–Crippen MR) is 75.8 cm³/mol. The highest BCUT2D eigenvalue weighted by molar-refractivity contribution is 7.13. The SMILES string of the molecule is CCOC(=O)Cc1csc(NCc2c(C)noc2C)n1. The summed E-state index contributed by atoms with van der Waals surface area (Å²) < 4.78 is 9.99. The summed E-state index contributed by atoms with van der Waals surface area (Å²) in [7, 11) is 0. The minimum atomic E-state index is -0.255. The van der Waals surface area contributed by atoms with Gasteiger partial charge in [-0.1, -0.05) is 5.16 Å². The van der Waals surface area contributed by atoms with Crippen LogP contribution in [0, 0.1) is 13.8 Å². The Balaban J connectivity index is 1.91. The molecule has 0 fully saturated rings. The van der Waals surface area contributed by atoms with Gasteiger partial charge in [0.2, 0.25) is 0 Å². The Hall–Kier alpha value is -1.89. The zero-order chi connectivity index (χ0) is 14.5. The number of nitrogens with one attached hydrogen (secondary N) is 1. The molecule has 0 atom stereocenters. The summed E-state index contributed by atoms with van der Waals surface area (Å²) in [5, 5.41) is 9.73. The van der Waals surface area contributed by atoms with Gasteiger partial charge in [-0.2, -0.15) is 0 Å². The van der Waals surface area contributed by atoms with Gasteiger partial charge in [-0.3, -0.25) is 4.79 Å². The van der Waals surface area contributed by atoms with E-state index in [1.54, 1.807) is 6.92 Å². The number of nitrogens with zero attached hydrogens (tertiary/aromatic N) is 2. The van der Waals surface area contributed by atoms with Crippen LogP contribution in [-0.4, -0.2) is 22.7 Å². The minimum absolute atomic E-state index is 0.206. The van der Waals surface area contributed by atoms with Crippen LogP contribution in [0.5, 0.6) is 0 Å². The fourth-order valence-electron chi connectivity index (χ4n) is 1.75. The highest BCUT2D eigenvalue weighted by Crippen LogP contribution is 2.19. The lowest BCUT2D eigenvalue weighted by Gasteiger charge is -2.01. The Kier molecular flexibility index (Phi) is 4.73. The van der Waals surface area contributed by atoms with Crippen molar-refractivity contribution in [3.63, 3.8) is 0 Å². The van der Waals surface area contributed by atoms with Gasteiger partial charge < -0.3 is 14.6 Å². The Morgan fingerprint density at radius 2 is 2.30 bits per heavy atom. The standard InChI is InChI=1S/C13H17N3O3S/c1-4-18-12(17)5-10-7-20-13(15-10)14-6-11-8(2)16-19-9(11)3/h7H,4-6H2,1-3H3,(H,14,15). The fourth-order valence-corrected chi connectivity index (χ4v) is 2.46. The molecule has 108 valence electrons. The monoisotopic (exact) mass is 295 g/mol. The van der Waals surface area contributed by atoms with Gasteiger partial charge in [0.25, 0.3) is 0 Å². The molecule has 0 aromatic carbocycles. The van der Waals surface area contributed by atoms with Gasteiger partial charge in [-0.25, -0.2) is 4.98 Å². The van der Waals surface area contributed by atoms with E-state index in [9.17, 15) is 4.79 Å². The molecule has 0 aliphatic heterocycles. The molecule has 0 saturated heterocycles. The Morgan fingerprint density at radius 1 is 1.50 bits per heavy atom. The maximum absolute atomic E-state index is 11.4. The van der Waals surface area contributed by atoms with Crippen LogP contribution in [0.1, 0.15) is 29.6 Å². The van der Waals surface area contributed by atoms with Gasteiger partial charge in [0.1, 0.15) is 5.76 Å². The molecule has 2 aromatic rings. The molecule has 0 bridgehead atoms. The van der Waals surface area contributed by atoms with Crippen molar-refractivity contribution >= 4 is 22.4 Å². The van der Waals surface area contributed by atoms with Gasteiger partial charge in [-0.05, 0) is 20.8 Å². The summed E-state index contributed by atoms with van der Waals surface area (Å²) in [5.74, 6) is 0.549. The smallest absolute Gasteiger partial charge is 0.311 e. The van der Waals surface area contributed by atoms with E-state index < -0.39 is 0 Å². The lowest BCUT2D eigenvalue weighted by molar-refractivity contribution is -0.142. The molecule has 0 saturated carbocycles. The largest absolute Gasteiger partial charge is 0.466 e. The van der Waals surface area contributed by atoms with Crippen molar-refractivity contribution in [2.45, 2.75) is 33.7 Å². The van der Waals surface area contributed by atoms with Crippen molar-refractivity contribution in [3.05, 3.63) is 28.1 Å². The van der Waals surface area contributed by atoms with E-state index >= 15 is 0 Å². The molecule has 1 N–H and O–H groups in total. The van der Waals surface area contributed by atoms with Gasteiger partial charge >= 0.3 is 5.97 Å². The number of hydrogen-bond donors (Lipinski definition) is 1. The quantitative estimate of drug-likeness (QED) is 0.825. The number of hydrogen-bond acceptors (Lipinski definition) is 7. The van der Waals surface area contributed by atoms with Crippen LogP contribution in [0.15, 0.2) is 9.90 Å². The van der Waals surface area contributed by atoms with E-state index in [2.05, 4.69) is 15.5 Å². The van der Waals surface area contributed by atoms with Crippen LogP contribution in [0.3, 0.4) is 0 Å².